The van der Waals surface area contributed by atoms with E-state index in [1.54, 1.807) is 0 Å². The molecule has 0 spiro atoms. The standard InChI is InChI=1S/C13H24N4/c1-11(2)15-13-5-4-6-17(10-13)9-12-7-14-16(3)8-12/h7-8,11,13,15H,4-6,9-10H2,1-3H3. The van der Waals surface area contributed by atoms with Crippen molar-refractivity contribution in [2.24, 2.45) is 7.05 Å². The number of likely N-dealkylation sites (tertiary alicyclic amines) is 1. The average Bonchev–Trinajstić information content (AvgIpc) is 2.63. The molecule has 0 saturated carbocycles. The molecule has 0 aromatic carbocycles. The number of rotatable bonds is 4. The SMILES string of the molecule is CC(C)NC1CCCN(Cc2cnn(C)c2)C1. The van der Waals surface area contributed by atoms with Crippen LogP contribution in [0.25, 0.3) is 0 Å². The lowest BCUT2D eigenvalue weighted by molar-refractivity contribution is 0.178. The molecule has 1 aliphatic rings. The van der Waals surface area contributed by atoms with Gasteiger partial charge in [-0.2, -0.15) is 5.10 Å². The molecule has 0 amide bonds. The minimum absolute atomic E-state index is 0.582. The van der Waals surface area contributed by atoms with E-state index in [0.717, 1.165) is 13.1 Å². The van der Waals surface area contributed by atoms with E-state index in [9.17, 15) is 0 Å². The van der Waals surface area contributed by atoms with Crippen LogP contribution in [0.15, 0.2) is 12.4 Å². The Morgan fingerprint density at radius 3 is 3.00 bits per heavy atom. The van der Waals surface area contributed by atoms with Crippen molar-refractivity contribution in [2.75, 3.05) is 13.1 Å². The maximum atomic E-state index is 4.22. The second-order valence-electron chi connectivity index (χ2n) is 5.42. The summed E-state index contributed by atoms with van der Waals surface area (Å²) in [4.78, 5) is 2.53. The number of hydrogen-bond donors (Lipinski definition) is 1. The van der Waals surface area contributed by atoms with Crippen LogP contribution in [0.4, 0.5) is 0 Å². The van der Waals surface area contributed by atoms with Gasteiger partial charge in [0.1, 0.15) is 0 Å². The van der Waals surface area contributed by atoms with E-state index in [2.05, 4.69) is 35.4 Å². The van der Waals surface area contributed by atoms with Crippen LogP contribution in [0.2, 0.25) is 0 Å². The third kappa shape index (κ3) is 3.82. The number of piperidine rings is 1. The van der Waals surface area contributed by atoms with Gasteiger partial charge in [-0.3, -0.25) is 9.58 Å². The molecule has 1 atom stereocenters. The molecule has 0 bridgehead atoms. The van der Waals surface area contributed by atoms with E-state index in [4.69, 9.17) is 0 Å². The summed E-state index contributed by atoms with van der Waals surface area (Å²) >= 11 is 0. The van der Waals surface area contributed by atoms with Gasteiger partial charge >= 0.3 is 0 Å². The number of nitrogens with zero attached hydrogens (tertiary/aromatic N) is 3. The van der Waals surface area contributed by atoms with Gasteiger partial charge in [0.2, 0.25) is 0 Å². The van der Waals surface area contributed by atoms with E-state index in [-0.39, 0.29) is 0 Å². The van der Waals surface area contributed by atoms with Crippen molar-refractivity contribution in [3.63, 3.8) is 0 Å². The Kier molecular flexibility index (Phi) is 4.18. The molecule has 2 heterocycles. The smallest absolute Gasteiger partial charge is 0.0534 e. The Bertz CT molecular complexity index is 345. The predicted octanol–water partition coefficient (Wildman–Crippen LogP) is 1.38. The molecule has 1 aromatic rings. The second kappa shape index (κ2) is 5.65. The van der Waals surface area contributed by atoms with Crippen molar-refractivity contribution in [1.29, 1.82) is 0 Å². The fourth-order valence-electron chi connectivity index (χ4n) is 2.62. The summed E-state index contributed by atoms with van der Waals surface area (Å²) in [5, 5.41) is 7.86. The molecule has 4 heteroatoms. The number of nitrogens with one attached hydrogen (secondary N) is 1. The molecular weight excluding hydrogens is 212 g/mol. The first-order chi connectivity index (χ1) is 8.13. The minimum Gasteiger partial charge on any atom is -0.311 e. The highest BCUT2D eigenvalue weighted by molar-refractivity contribution is 5.03. The first kappa shape index (κ1) is 12.6. The summed E-state index contributed by atoms with van der Waals surface area (Å²) in [5.41, 5.74) is 1.32. The first-order valence-electron chi connectivity index (χ1n) is 6.59. The van der Waals surface area contributed by atoms with Gasteiger partial charge in [-0.25, -0.2) is 0 Å². The zero-order chi connectivity index (χ0) is 12.3. The molecule has 1 saturated heterocycles. The molecule has 0 radical (unpaired) electrons. The van der Waals surface area contributed by atoms with Crippen LogP contribution >= 0.6 is 0 Å². The monoisotopic (exact) mass is 236 g/mol. The van der Waals surface area contributed by atoms with E-state index in [0.29, 0.717) is 12.1 Å². The van der Waals surface area contributed by atoms with E-state index in [1.807, 2.05) is 17.9 Å². The van der Waals surface area contributed by atoms with Crippen molar-refractivity contribution in [3.05, 3.63) is 18.0 Å². The lowest BCUT2D eigenvalue weighted by Gasteiger charge is -2.34. The van der Waals surface area contributed by atoms with Crippen LogP contribution in [-0.4, -0.2) is 39.9 Å². The third-order valence-corrected chi connectivity index (χ3v) is 3.24. The van der Waals surface area contributed by atoms with E-state index < -0.39 is 0 Å². The van der Waals surface area contributed by atoms with E-state index >= 15 is 0 Å². The van der Waals surface area contributed by atoms with Crippen molar-refractivity contribution < 1.29 is 0 Å². The normalized spacial score (nSPS) is 22.2. The Hall–Kier alpha value is -0.870. The van der Waals surface area contributed by atoms with Crippen LogP contribution in [0.1, 0.15) is 32.3 Å². The van der Waals surface area contributed by atoms with Gasteiger partial charge in [-0.05, 0) is 19.4 Å². The maximum Gasteiger partial charge on any atom is 0.0534 e. The summed E-state index contributed by atoms with van der Waals surface area (Å²) in [6, 6.07) is 1.23. The molecule has 0 aliphatic carbocycles. The molecule has 1 N–H and O–H groups in total. The molecule has 4 nitrogen and oxygen atoms in total. The number of aromatic nitrogens is 2. The van der Waals surface area contributed by atoms with Crippen LogP contribution in [-0.2, 0) is 13.6 Å². The van der Waals surface area contributed by atoms with Gasteiger partial charge in [-0.1, -0.05) is 13.8 Å². The molecule has 1 aromatic heterocycles. The largest absolute Gasteiger partial charge is 0.311 e. The fraction of sp³-hybridized carbons (Fsp3) is 0.769. The summed E-state index contributed by atoms with van der Waals surface area (Å²) in [5.74, 6) is 0. The third-order valence-electron chi connectivity index (χ3n) is 3.24. The van der Waals surface area contributed by atoms with Gasteiger partial charge in [0.05, 0.1) is 6.20 Å². The van der Waals surface area contributed by atoms with Gasteiger partial charge in [0, 0.05) is 44.0 Å². The van der Waals surface area contributed by atoms with E-state index in [1.165, 1.54) is 24.9 Å². The molecule has 2 rings (SSSR count). The fourth-order valence-corrected chi connectivity index (χ4v) is 2.62. The second-order valence-corrected chi connectivity index (χ2v) is 5.42. The van der Waals surface area contributed by atoms with Crippen LogP contribution in [0.5, 0.6) is 0 Å². The van der Waals surface area contributed by atoms with Crippen LogP contribution in [0.3, 0.4) is 0 Å². The predicted molar refractivity (Wildman–Crippen MR) is 69.8 cm³/mol. The summed E-state index contributed by atoms with van der Waals surface area (Å²) in [6.45, 7) is 7.85. The summed E-state index contributed by atoms with van der Waals surface area (Å²) < 4.78 is 1.88. The Morgan fingerprint density at radius 1 is 1.53 bits per heavy atom. The van der Waals surface area contributed by atoms with Crippen LogP contribution < -0.4 is 5.32 Å². The van der Waals surface area contributed by atoms with Gasteiger partial charge < -0.3 is 5.32 Å². The lowest BCUT2D eigenvalue weighted by Crippen LogP contribution is -2.47. The first-order valence-corrected chi connectivity index (χ1v) is 6.59. The summed E-state index contributed by atoms with van der Waals surface area (Å²) in [6.07, 6.45) is 6.69. The highest BCUT2D eigenvalue weighted by atomic mass is 15.2. The van der Waals surface area contributed by atoms with Crippen molar-refractivity contribution in [2.45, 2.75) is 45.3 Å². The number of hydrogen-bond acceptors (Lipinski definition) is 3. The van der Waals surface area contributed by atoms with Gasteiger partial charge in [0.15, 0.2) is 0 Å². The van der Waals surface area contributed by atoms with Gasteiger partial charge in [0.25, 0.3) is 0 Å². The molecular formula is C13H24N4. The Labute approximate surface area is 104 Å². The highest BCUT2D eigenvalue weighted by Crippen LogP contribution is 2.13. The molecule has 1 fully saturated rings. The zero-order valence-electron chi connectivity index (χ0n) is 11.2. The molecule has 1 aliphatic heterocycles. The lowest BCUT2D eigenvalue weighted by atomic mass is 10.0. The number of aryl methyl sites for hydroxylation is 1. The zero-order valence-corrected chi connectivity index (χ0v) is 11.2. The highest BCUT2D eigenvalue weighted by Gasteiger charge is 2.20. The molecule has 17 heavy (non-hydrogen) atoms. The van der Waals surface area contributed by atoms with Crippen LogP contribution in [0, 0.1) is 0 Å². The van der Waals surface area contributed by atoms with Gasteiger partial charge in [-0.15, -0.1) is 0 Å². The molecule has 1 unspecified atom stereocenters. The maximum absolute atomic E-state index is 4.22. The summed E-state index contributed by atoms with van der Waals surface area (Å²) in [7, 11) is 1.98. The average molecular weight is 236 g/mol. The van der Waals surface area contributed by atoms with Crippen molar-refractivity contribution in [1.82, 2.24) is 20.0 Å². The topological polar surface area (TPSA) is 33.1 Å². The Balaban J connectivity index is 1.85. The van der Waals surface area contributed by atoms with Crippen molar-refractivity contribution in [3.8, 4) is 0 Å². The minimum atomic E-state index is 0.582. The quantitative estimate of drug-likeness (QED) is 0.857. The Morgan fingerprint density at radius 2 is 2.35 bits per heavy atom. The van der Waals surface area contributed by atoms with Crippen molar-refractivity contribution >= 4 is 0 Å². The molecule has 96 valence electrons.